The molecule has 2 nitrogen and oxygen atoms in total. The van der Waals surface area contributed by atoms with Crippen LogP contribution in [0, 0.1) is 0 Å². The molecule has 0 aromatic rings. The molecule has 0 saturated heterocycles. The molecular weight excluding hydrogens is 162 g/mol. The summed E-state index contributed by atoms with van der Waals surface area (Å²) in [6, 6.07) is 0.663. The molecule has 80 valence electrons. The van der Waals surface area contributed by atoms with E-state index in [1.165, 1.54) is 12.8 Å². The summed E-state index contributed by atoms with van der Waals surface area (Å²) in [6.45, 7) is 9.51. The highest BCUT2D eigenvalue weighted by atomic mass is 16.5. The molecule has 0 radical (unpaired) electrons. The molecule has 1 N–H and O–H groups in total. The molecular formula is C11H25NO. The monoisotopic (exact) mass is 187 g/mol. The molecule has 0 saturated carbocycles. The normalized spacial score (nSPS) is 13.2. The van der Waals surface area contributed by atoms with Crippen molar-refractivity contribution in [2.45, 2.75) is 52.5 Å². The largest absolute Gasteiger partial charge is 0.381 e. The van der Waals surface area contributed by atoms with Crippen molar-refractivity contribution >= 4 is 0 Å². The fourth-order valence-corrected chi connectivity index (χ4v) is 1.30. The molecule has 1 atom stereocenters. The van der Waals surface area contributed by atoms with Crippen LogP contribution in [0.2, 0.25) is 0 Å². The summed E-state index contributed by atoms with van der Waals surface area (Å²) in [4.78, 5) is 0. The fraction of sp³-hybridized carbons (Fsp3) is 1.00. The Balaban J connectivity index is 2.97. The van der Waals surface area contributed by atoms with E-state index in [1.54, 1.807) is 0 Å². The van der Waals surface area contributed by atoms with Crippen LogP contribution in [0.1, 0.15) is 46.5 Å². The molecule has 13 heavy (non-hydrogen) atoms. The highest BCUT2D eigenvalue weighted by molar-refractivity contribution is 4.58. The summed E-state index contributed by atoms with van der Waals surface area (Å²) < 4.78 is 5.38. The van der Waals surface area contributed by atoms with E-state index in [0.29, 0.717) is 6.04 Å². The van der Waals surface area contributed by atoms with Crippen molar-refractivity contribution < 1.29 is 4.74 Å². The minimum Gasteiger partial charge on any atom is -0.381 e. The number of nitrogens with one attached hydrogen (secondary N) is 1. The lowest BCUT2D eigenvalue weighted by atomic mass is 10.2. The van der Waals surface area contributed by atoms with Gasteiger partial charge in [0.2, 0.25) is 0 Å². The van der Waals surface area contributed by atoms with Gasteiger partial charge in [-0.2, -0.15) is 0 Å². The molecule has 0 spiro atoms. The topological polar surface area (TPSA) is 21.3 Å². The first-order valence-electron chi connectivity index (χ1n) is 5.62. The van der Waals surface area contributed by atoms with E-state index in [9.17, 15) is 0 Å². The van der Waals surface area contributed by atoms with Gasteiger partial charge in [0.25, 0.3) is 0 Å². The molecule has 0 aliphatic heterocycles. The van der Waals surface area contributed by atoms with Gasteiger partial charge in [0.15, 0.2) is 0 Å². The summed E-state index contributed by atoms with van der Waals surface area (Å²) in [5.74, 6) is 0. The van der Waals surface area contributed by atoms with Crippen LogP contribution in [0.25, 0.3) is 0 Å². The smallest absolute Gasteiger partial charge is 0.0478 e. The van der Waals surface area contributed by atoms with Gasteiger partial charge in [-0.15, -0.1) is 0 Å². The summed E-state index contributed by atoms with van der Waals surface area (Å²) in [7, 11) is 0. The maximum atomic E-state index is 5.38. The van der Waals surface area contributed by atoms with Gasteiger partial charge in [-0.3, -0.25) is 0 Å². The molecule has 0 aromatic carbocycles. The van der Waals surface area contributed by atoms with Gasteiger partial charge < -0.3 is 10.1 Å². The van der Waals surface area contributed by atoms with Gasteiger partial charge in [-0.05, 0) is 32.7 Å². The first kappa shape index (κ1) is 12.9. The van der Waals surface area contributed by atoms with Crippen LogP contribution in [0.4, 0.5) is 0 Å². The highest BCUT2D eigenvalue weighted by Crippen LogP contribution is 1.94. The molecule has 0 amide bonds. The molecule has 0 fully saturated rings. The van der Waals surface area contributed by atoms with Crippen LogP contribution in [-0.2, 0) is 4.74 Å². The highest BCUT2D eigenvalue weighted by Gasteiger charge is 1.97. The summed E-state index contributed by atoms with van der Waals surface area (Å²) in [5.41, 5.74) is 0. The molecule has 0 aliphatic rings. The van der Waals surface area contributed by atoms with Crippen molar-refractivity contribution in [2.24, 2.45) is 0 Å². The summed E-state index contributed by atoms with van der Waals surface area (Å²) in [5, 5.41) is 3.48. The third-order valence-corrected chi connectivity index (χ3v) is 2.03. The van der Waals surface area contributed by atoms with Gasteiger partial charge in [0.05, 0.1) is 0 Å². The third kappa shape index (κ3) is 9.84. The maximum absolute atomic E-state index is 5.38. The van der Waals surface area contributed by atoms with E-state index in [-0.39, 0.29) is 0 Å². The zero-order chi connectivity index (χ0) is 9.94. The first-order chi connectivity index (χ1) is 6.31. The SMILES string of the molecule is CCCOCCCNC(C)CCC. The molecule has 0 aromatic heterocycles. The Labute approximate surface area is 83.1 Å². The van der Waals surface area contributed by atoms with Crippen LogP contribution < -0.4 is 5.32 Å². The Bertz CT molecular complexity index is 96.1. The predicted molar refractivity (Wildman–Crippen MR) is 58.1 cm³/mol. The van der Waals surface area contributed by atoms with Crippen molar-refractivity contribution in [2.75, 3.05) is 19.8 Å². The van der Waals surface area contributed by atoms with Crippen LogP contribution in [0.15, 0.2) is 0 Å². The quantitative estimate of drug-likeness (QED) is 0.560. The van der Waals surface area contributed by atoms with Crippen molar-refractivity contribution in [1.29, 1.82) is 0 Å². The Kier molecular flexibility index (Phi) is 9.94. The van der Waals surface area contributed by atoms with Crippen molar-refractivity contribution in [3.05, 3.63) is 0 Å². The zero-order valence-electron chi connectivity index (χ0n) is 9.44. The standard InChI is InChI=1S/C11H25NO/c1-4-7-11(3)12-8-6-10-13-9-5-2/h11-12H,4-10H2,1-3H3. The van der Waals surface area contributed by atoms with Crippen LogP contribution in [0.5, 0.6) is 0 Å². The van der Waals surface area contributed by atoms with E-state index in [1.807, 2.05) is 0 Å². The Morgan fingerprint density at radius 2 is 1.92 bits per heavy atom. The van der Waals surface area contributed by atoms with Crippen molar-refractivity contribution in [3.63, 3.8) is 0 Å². The molecule has 2 heteroatoms. The lowest BCUT2D eigenvalue weighted by Crippen LogP contribution is -2.27. The van der Waals surface area contributed by atoms with Gasteiger partial charge in [-0.1, -0.05) is 20.3 Å². The van der Waals surface area contributed by atoms with Gasteiger partial charge in [0, 0.05) is 19.3 Å². The van der Waals surface area contributed by atoms with E-state index in [0.717, 1.165) is 32.6 Å². The molecule has 0 aliphatic carbocycles. The lowest BCUT2D eigenvalue weighted by Gasteiger charge is -2.12. The second-order valence-corrected chi connectivity index (χ2v) is 3.61. The van der Waals surface area contributed by atoms with E-state index >= 15 is 0 Å². The van der Waals surface area contributed by atoms with Gasteiger partial charge >= 0.3 is 0 Å². The van der Waals surface area contributed by atoms with Crippen LogP contribution >= 0.6 is 0 Å². The summed E-state index contributed by atoms with van der Waals surface area (Å²) in [6.07, 6.45) is 4.80. The van der Waals surface area contributed by atoms with Crippen molar-refractivity contribution in [1.82, 2.24) is 5.32 Å². The number of ether oxygens (including phenoxy) is 1. The van der Waals surface area contributed by atoms with Crippen LogP contribution in [0.3, 0.4) is 0 Å². The number of rotatable bonds is 9. The average molecular weight is 187 g/mol. The molecule has 0 rings (SSSR count). The average Bonchev–Trinajstić information content (AvgIpc) is 2.11. The van der Waals surface area contributed by atoms with E-state index in [2.05, 4.69) is 26.1 Å². The number of hydrogen-bond acceptors (Lipinski definition) is 2. The molecule has 0 bridgehead atoms. The second kappa shape index (κ2) is 10.0. The molecule has 1 unspecified atom stereocenters. The Hall–Kier alpha value is -0.0800. The lowest BCUT2D eigenvalue weighted by molar-refractivity contribution is 0.131. The Morgan fingerprint density at radius 1 is 1.15 bits per heavy atom. The fourth-order valence-electron chi connectivity index (χ4n) is 1.30. The van der Waals surface area contributed by atoms with Crippen molar-refractivity contribution in [3.8, 4) is 0 Å². The van der Waals surface area contributed by atoms with Gasteiger partial charge in [-0.25, -0.2) is 0 Å². The van der Waals surface area contributed by atoms with Gasteiger partial charge in [0.1, 0.15) is 0 Å². The molecule has 0 heterocycles. The first-order valence-corrected chi connectivity index (χ1v) is 5.62. The van der Waals surface area contributed by atoms with E-state index in [4.69, 9.17) is 4.74 Å². The van der Waals surface area contributed by atoms with Crippen LogP contribution in [-0.4, -0.2) is 25.8 Å². The maximum Gasteiger partial charge on any atom is 0.0478 e. The number of hydrogen-bond donors (Lipinski definition) is 1. The third-order valence-electron chi connectivity index (χ3n) is 2.03. The van der Waals surface area contributed by atoms with E-state index < -0.39 is 0 Å². The zero-order valence-corrected chi connectivity index (χ0v) is 9.44. The minimum absolute atomic E-state index is 0.663. The Morgan fingerprint density at radius 3 is 2.54 bits per heavy atom. The second-order valence-electron chi connectivity index (χ2n) is 3.61. The minimum atomic E-state index is 0.663. The summed E-state index contributed by atoms with van der Waals surface area (Å²) >= 11 is 0. The predicted octanol–water partition coefficient (Wildman–Crippen LogP) is 2.58.